The van der Waals surface area contributed by atoms with Gasteiger partial charge < -0.3 is 102 Å². The van der Waals surface area contributed by atoms with E-state index >= 15 is 0 Å². The molecule has 650 valence electrons. The zero-order valence-corrected chi connectivity index (χ0v) is 67.9. The van der Waals surface area contributed by atoms with Crippen LogP contribution in [0.4, 0.5) is 0 Å². The Balaban J connectivity index is 2.03. The molecule has 0 aliphatic carbocycles. The van der Waals surface area contributed by atoms with Gasteiger partial charge in [-0.2, -0.15) is 0 Å². The summed E-state index contributed by atoms with van der Waals surface area (Å²) in [6.45, 7) is 5.80. The number of phenolic OH excluding ortho intramolecular Hbond substituents is 1. The molecule has 0 heterocycles. The Morgan fingerprint density at radius 1 is 0.430 bits per heavy atom. The molecule has 0 aliphatic rings. The van der Waals surface area contributed by atoms with Crippen LogP contribution in [0.25, 0.3) is 0 Å². The van der Waals surface area contributed by atoms with Crippen molar-refractivity contribution in [2.75, 3.05) is 139 Å². The minimum absolute atomic E-state index is 0.0439. The van der Waals surface area contributed by atoms with E-state index in [4.69, 9.17) is 60.2 Å². The molecule has 1 aromatic carbocycles. The summed E-state index contributed by atoms with van der Waals surface area (Å²) in [6.07, 6.45) is 18.7. The van der Waals surface area contributed by atoms with Crippen LogP contribution in [0.5, 0.6) is 5.75 Å². The van der Waals surface area contributed by atoms with Crippen molar-refractivity contribution < 1.29 is 116 Å². The van der Waals surface area contributed by atoms with Crippen LogP contribution in [0.2, 0.25) is 0 Å². The lowest BCUT2D eigenvalue weighted by Crippen LogP contribution is -2.50. The molecule has 34 heteroatoms. The number of ketones is 5. The number of carbonyl (C=O) groups is 13. The fourth-order valence-corrected chi connectivity index (χ4v) is 12.0. The minimum Gasteiger partial charge on any atom is -0.508 e. The van der Waals surface area contributed by atoms with Crippen LogP contribution in [0.15, 0.2) is 29.3 Å². The topological polar surface area (TPSA) is 519 Å². The Morgan fingerprint density at radius 3 is 1.38 bits per heavy atom. The molecule has 1 aromatic rings. The summed E-state index contributed by atoms with van der Waals surface area (Å²) in [5, 5.41) is 44.6. The highest BCUT2D eigenvalue weighted by Gasteiger charge is 2.35. The van der Waals surface area contributed by atoms with E-state index in [1.54, 1.807) is 26.1 Å². The number of Topliss-reactive ketones (excluding diaryl/α,β-unsaturated/α-hetero) is 5. The van der Waals surface area contributed by atoms with Crippen LogP contribution in [-0.4, -0.2) is 255 Å². The van der Waals surface area contributed by atoms with Crippen molar-refractivity contribution in [2.45, 2.75) is 231 Å². The van der Waals surface area contributed by atoms with Crippen molar-refractivity contribution in [2.24, 2.45) is 39.9 Å². The second-order valence-electron chi connectivity index (χ2n) is 28.3. The fraction of sp³-hybridized carbons (Fsp3) is 0.750. The lowest BCUT2D eigenvalue weighted by Gasteiger charge is -2.27. The van der Waals surface area contributed by atoms with Crippen molar-refractivity contribution in [1.29, 1.82) is 0 Å². The first-order valence-corrected chi connectivity index (χ1v) is 40.7. The first-order chi connectivity index (χ1) is 54.8. The normalized spacial score (nSPS) is 12.8. The number of carboxylic acid groups (broad SMARTS) is 2. The van der Waals surface area contributed by atoms with Crippen molar-refractivity contribution in [1.82, 2.24) is 31.9 Å². The SMILES string of the molecule is CNC(CCCCNC(=O)COCCOCCNC(=O)COCCOCCCC(=O)COCCOCCNC(=O)COCCOCCCC(=O)CC[C@H](NC(=O)CC[C@H](CC(=O)CCCCCCCCCCCCCCCCC(=O)O)C(=O)O)C(C)=O)C(=O)C(C)[C@@H](CCCN=C(N)N)C(=O)N[C@@H](Cc1ccc(O)cc1)C(N)=O. The number of ether oxygens (including phenoxy) is 8. The van der Waals surface area contributed by atoms with Gasteiger partial charge in [-0.05, 0) is 102 Å². The van der Waals surface area contributed by atoms with Gasteiger partial charge in [-0.15, -0.1) is 0 Å². The van der Waals surface area contributed by atoms with Crippen LogP contribution < -0.4 is 49.1 Å². The molecule has 0 saturated carbocycles. The molecule has 0 aromatic heterocycles. The second-order valence-corrected chi connectivity index (χ2v) is 28.3. The zero-order valence-electron chi connectivity index (χ0n) is 67.9. The highest BCUT2D eigenvalue weighted by molar-refractivity contribution is 5.94. The number of nitrogens with one attached hydrogen (secondary N) is 6. The summed E-state index contributed by atoms with van der Waals surface area (Å²) in [5.74, 6) is -8.28. The van der Waals surface area contributed by atoms with Gasteiger partial charge in [-0.3, -0.25) is 67.3 Å². The Bertz CT molecular complexity index is 2920. The van der Waals surface area contributed by atoms with E-state index in [1.807, 2.05) is 0 Å². The lowest BCUT2D eigenvalue weighted by molar-refractivity contribution is -0.144. The molecule has 2 unspecified atom stereocenters. The third-order valence-electron chi connectivity index (χ3n) is 18.6. The number of phenols is 1. The van der Waals surface area contributed by atoms with Crippen molar-refractivity contribution in [3.8, 4) is 5.75 Å². The maximum Gasteiger partial charge on any atom is 0.306 e. The van der Waals surface area contributed by atoms with Crippen LogP contribution in [0.3, 0.4) is 0 Å². The maximum absolute atomic E-state index is 13.8. The number of guanidine groups is 1. The van der Waals surface area contributed by atoms with Crippen molar-refractivity contribution >= 4 is 82.3 Å². The highest BCUT2D eigenvalue weighted by Crippen LogP contribution is 2.24. The molecule has 6 atom stereocenters. The summed E-state index contributed by atoms with van der Waals surface area (Å²) >= 11 is 0. The molecular formula is C80H136N10O24. The number of amides is 6. The molecule has 0 bridgehead atoms. The van der Waals surface area contributed by atoms with Gasteiger partial charge in [0, 0.05) is 103 Å². The molecule has 114 heavy (non-hydrogen) atoms. The lowest BCUT2D eigenvalue weighted by atomic mass is 9.82. The van der Waals surface area contributed by atoms with E-state index in [0.717, 1.165) is 51.4 Å². The number of carbonyl (C=O) groups excluding carboxylic acids is 11. The molecule has 34 nitrogen and oxygen atoms in total. The van der Waals surface area contributed by atoms with Gasteiger partial charge in [-0.25, -0.2) is 0 Å². The van der Waals surface area contributed by atoms with E-state index < -0.39 is 65.5 Å². The predicted octanol–water partition coefficient (Wildman–Crippen LogP) is 4.34. The van der Waals surface area contributed by atoms with Gasteiger partial charge in [0.25, 0.3) is 0 Å². The number of aromatic hydroxyl groups is 1. The van der Waals surface area contributed by atoms with E-state index in [1.165, 1.54) is 51.2 Å². The summed E-state index contributed by atoms with van der Waals surface area (Å²) in [6, 6.07) is 3.58. The average Bonchev–Trinajstić information content (AvgIpc) is 0.846. The number of unbranched alkanes of at least 4 members (excludes halogenated alkanes) is 14. The number of benzene rings is 1. The zero-order chi connectivity index (χ0) is 84.2. The summed E-state index contributed by atoms with van der Waals surface area (Å²) in [5.41, 5.74) is 17.3. The molecular weight excluding hydrogens is 1480 g/mol. The number of hydrogen-bond acceptors (Lipinski definition) is 24. The number of primary amides is 1. The van der Waals surface area contributed by atoms with Crippen LogP contribution in [0, 0.1) is 17.8 Å². The Kier molecular flexibility index (Phi) is 63.3. The fourth-order valence-electron chi connectivity index (χ4n) is 12.0. The van der Waals surface area contributed by atoms with E-state index in [0.29, 0.717) is 70.1 Å². The number of carboxylic acids is 2. The van der Waals surface area contributed by atoms with Gasteiger partial charge in [0.15, 0.2) is 23.3 Å². The standard InChI is InChI=1S/C80H136N10O24/c1-59(67(26-20-38-88-80(82)83)78(104)90-70(77(81)103)53-61-29-32-64(93)33-30-61)76(102)69(84-3)27-18-19-37-85-72(97)56-114-52-48-110-44-40-87-74(99)58-113-51-46-108-42-22-25-66(95)55-111-49-47-109-43-39-86-73(98)57-112-50-45-107-41-21-24-63(92)34-35-68(60(2)91)89-71(96)36-31-62(79(105)106)54-65(94)23-16-14-12-10-8-6-4-5-7-9-11-13-15-17-28-75(100)101/h29-30,32-33,59,62,67-70,84,93H,4-28,31,34-58H2,1-3H3,(H2,81,103)(H,85,97)(H,86,98)(H,87,99)(H,89,96)(H,90,104)(H,100,101)(H,105,106)(H4,82,83,88)/t59?,62-,67-,68+,69?,70+/m1/s1. The minimum atomic E-state index is -1.15. The number of aliphatic imine (C=N–C) groups is 1. The maximum atomic E-state index is 13.8. The molecule has 15 N–H and O–H groups in total. The van der Waals surface area contributed by atoms with E-state index in [9.17, 15) is 72.5 Å². The third kappa shape index (κ3) is 59.7. The van der Waals surface area contributed by atoms with Crippen molar-refractivity contribution in [3.63, 3.8) is 0 Å². The van der Waals surface area contributed by atoms with Crippen LogP contribution >= 0.6 is 0 Å². The highest BCUT2D eigenvalue weighted by atomic mass is 16.5. The van der Waals surface area contributed by atoms with Gasteiger partial charge in [0.05, 0.1) is 84.1 Å². The molecule has 0 spiro atoms. The predicted molar refractivity (Wildman–Crippen MR) is 425 cm³/mol. The van der Waals surface area contributed by atoms with Crippen molar-refractivity contribution in [3.05, 3.63) is 29.8 Å². The van der Waals surface area contributed by atoms with Crippen LogP contribution in [-0.2, 0) is 107 Å². The first kappa shape index (κ1) is 104. The van der Waals surface area contributed by atoms with Gasteiger partial charge in [0.1, 0.15) is 49.8 Å². The molecule has 0 fully saturated rings. The van der Waals surface area contributed by atoms with E-state index in [-0.39, 0.29) is 241 Å². The average molecular weight is 1620 g/mol. The van der Waals surface area contributed by atoms with Crippen LogP contribution in [0.1, 0.15) is 212 Å². The Morgan fingerprint density at radius 2 is 0.895 bits per heavy atom. The molecule has 0 aliphatic heterocycles. The monoisotopic (exact) mass is 1620 g/mol. The van der Waals surface area contributed by atoms with E-state index in [2.05, 4.69) is 36.9 Å². The number of aliphatic carboxylic acids is 2. The smallest absolute Gasteiger partial charge is 0.306 e. The summed E-state index contributed by atoms with van der Waals surface area (Å²) in [7, 11) is 1.65. The molecule has 6 amide bonds. The molecule has 0 radical (unpaired) electrons. The largest absolute Gasteiger partial charge is 0.508 e. The number of hydrogen-bond donors (Lipinski definition) is 12. The van der Waals surface area contributed by atoms with Gasteiger partial charge in [-0.1, -0.05) is 96.1 Å². The van der Waals surface area contributed by atoms with Gasteiger partial charge in [0.2, 0.25) is 35.4 Å². The number of nitrogens with two attached hydrogens (primary N) is 3. The number of likely N-dealkylation sites (N-methyl/N-ethyl adjacent to an activating group) is 1. The Hall–Kier alpha value is -7.96. The summed E-state index contributed by atoms with van der Waals surface area (Å²) < 4.78 is 43.4. The Labute approximate surface area is 672 Å². The van der Waals surface area contributed by atoms with Gasteiger partial charge >= 0.3 is 11.9 Å². The third-order valence-corrected chi connectivity index (χ3v) is 18.6. The summed E-state index contributed by atoms with van der Waals surface area (Å²) in [4.78, 5) is 165. The number of rotatable bonds is 80. The second kappa shape index (κ2) is 69.4. The number of nitrogens with zero attached hydrogens (tertiary/aromatic N) is 1. The molecule has 0 saturated heterocycles. The quantitative estimate of drug-likeness (QED) is 0.0245. The first-order valence-electron chi connectivity index (χ1n) is 40.7. The molecule has 1 rings (SSSR count).